The Labute approximate surface area is 115 Å². The second-order valence-electron chi connectivity index (χ2n) is 4.50. The molecule has 0 spiro atoms. The summed E-state index contributed by atoms with van der Waals surface area (Å²) in [6.07, 6.45) is 2.72. The van der Waals surface area contributed by atoms with Gasteiger partial charge in [-0.2, -0.15) is 0 Å². The van der Waals surface area contributed by atoms with E-state index in [9.17, 15) is 0 Å². The van der Waals surface area contributed by atoms with Gasteiger partial charge >= 0.3 is 0 Å². The first-order chi connectivity index (χ1) is 8.78. The molecule has 3 heterocycles. The molecule has 0 amide bonds. The van der Waals surface area contributed by atoms with Crippen LogP contribution in [0, 0.1) is 5.92 Å². The Hall–Kier alpha value is -0.840. The van der Waals surface area contributed by atoms with Crippen LogP contribution in [0.15, 0.2) is 12.3 Å². The molecule has 1 aliphatic heterocycles. The molecule has 0 aliphatic carbocycles. The fourth-order valence-electron chi connectivity index (χ4n) is 2.31. The number of ether oxygens (including phenoxy) is 1. The van der Waals surface area contributed by atoms with Crippen LogP contribution in [0.4, 0.5) is 0 Å². The Morgan fingerprint density at radius 1 is 1.50 bits per heavy atom. The number of hydrogen-bond donors (Lipinski definition) is 0. The average molecular weight is 286 g/mol. The van der Waals surface area contributed by atoms with E-state index in [-0.39, 0.29) is 0 Å². The van der Waals surface area contributed by atoms with Crippen molar-refractivity contribution in [1.29, 1.82) is 0 Å². The van der Waals surface area contributed by atoms with Gasteiger partial charge in [-0.3, -0.25) is 0 Å². The molecule has 2 aromatic rings. The zero-order chi connectivity index (χ0) is 12.5. The molecule has 1 aliphatic rings. The molecule has 0 bridgehead atoms. The Balaban J connectivity index is 2.01. The summed E-state index contributed by atoms with van der Waals surface area (Å²) in [6.45, 7) is 2.49. The van der Waals surface area contributed by atoms with E-state index < -0.39 is 0 Å². The van der Waals surface area contributed by atoms with Crippen molar-refractivity contribution in [3.63, 3.8) is 0 Å². The molecule has 1 saturated heterocycles. The van der Waals surface area contributed by atoms with Crippen molar-refractivity contribution in [3.05, 3.63) is 23.1 Å². The standard InChI is InChI=1S/C12H13Cl2N3O/c13-4-11-16-10-3-9(14)5-15-12(10)17(11)6-8-1-2-18-7-8/h3,5,8H,1-2,4,6-7H2. The van der Waals surface area contributed by atoms with E-state index in [0.29, 0.717) is 16.8 Å². The zero-order valence-corrected chi connectivity index (χ0v) is 11.3. The highest BCUT2D eigenvalue weighted by atomic mass is 35.5. The van der Waals surface area contributed by atoms with Crippen LogP contribution in [0.5, 0.6) is 0 Å². The maximum atomic E-state index is 5.95. The number of aromatic nitrogens is 3. The summed E-state index contributed by atoms with van der Waals surface area (Å²) < 4.78 is 7.48. The highest BCUT2D eigenvalue weighted by Gasteiger charge is 2.20. The predicted octanol–water partition coefficient (Wildman–Crippen LogP) is 2.86. The monoisotopic (exact) mass is 285 g/mol. The molecule has 0 saturated carbocycles. The van der Waals surface area contributed by atoms with E-state index in [1.54, 1.807) is 6.20 Å². The smallest absolute Gasteiger partial charge is 0.160 e. The third-order valence-electron chi connectivity index (χ3n) is 3.21. The lowest BCUT2D eigenvalue weighted by molar-refractivity contribution is 0.182. The van der Waals surface area contributed by atoms with Crippen LogP contribution in [0.1, 0.15) is 12.2 Å². The number of halogens is 2. The minimum atomic E-state index is 0.377. The molecule has 0 aromatic carbocycles. The summed E-state index contributed by atoms with van der Waals surface area (Å²) in [7, 11) is 0. The first kappa shape index (κ1) is 12.2. The van der Waals surface area contributed by atoms with Crippen LogP contribution in [0.25, 0.3) is 11.2 Å². The van der Waals surface area contributed by atoms with Crippen molar-refractivity contribution in [1.82, 2.24) is 14.5 Å². The van der Waals surface area contributed by atoms with Crippen molar-refractivity contribution >= 4 is 34.4 Å². The number of rotatable bonds is 3. The number of alkyl halides is 1. The van der Waals surface area contributed by atoms with Crippen molar-refractivity contribution < 1.29 is 4.74 Å². The molecule has 6 heteroatoms. The van der Waals surface area contributed by atoms with Crippen LogP contribution in [-0.4, -0.2) is 27.7 Å². The van der Waals surface area contributed by atoms with Gasteiger partial charge in [0.15, 0.2) is 5.65 Å². The van der Waals surface area contributed by atoms with Gasteiger partial charge in [0.1, 0.15) is 11.3 Å². The van der Waals surface area contributed by atoms with Gasteiger partial charge in [0, 0.05) is 25.3 Å². The fourth-order valence-corrected chi connectivity index (χ4v) is 2.67. The van der Waals surface area contributed by atoms with E-state index in [0.717, 1.165) is 43.2 Å². The highest BCUT2D eigenvalue weighted by Crippen LogP contribution is 2.22. The molecule has 0 N–H and O–H groups in total. The minimum absolute atomic E-state index is 0.377. The van der Waals surface area contributed by atoms with Gasteiger partial charge in [0.2, 0.25) is 0 Å². The minimum Gasteiger partial charge on any atom is -0.381 e. The highest BCUT2D eigenvalue weighted by molar-refractivity contribution is 6.31. The van der Waals surface area contributed by atoms with E-state index in [4.69, 9.17) is 27.9 Å². The van der Waals surface area contributed by atoms with E-state index in [2.05, 4.69) is 14.5 Å². The predicted molar refractivity (Wildman–Crippen MR) is 71.0 cm³/mol. The lowest BCUT2D eigenvalue weighted by Crippen LogP contribution is -2.13. The molecule has 18 heavy (non-hydrogen) atoms. The molecular formula is C12H13Cl2N3O. The zero-order valence-electron chi connectivity index (χ0n) is 9.77. The van der Waals surface area contributed by atoms with Gasteiger partial charge < -0.3 is 9.30 Å². The number of pyridine rings is 1. The Morgan fingerprint density at radius 2 is 2.39 bits per heavy atom. The molecular weight excluding hydrogens is 273 g/mol. The second-order valence-corrected chi connectivity index (χ2v) is 5.20. The molecule has 96 valence electrons. The molecule has 1 atom stereocenters. The van der Waals surface area contributed by atoms with Gasteiger partial charge in [-0.25, -0.2) is 9.97 Å². The molecule has 3 rings (SSSR count). The summed E-state index contributed by atoms with van der Waals surface area (Å²) in [5, 5.41) is 0.595. The Bertz CT molecular complexity index is 564. The molecule has 0 radical (unpaired) electrons. The van der Waals surface area contributed by atoms with Crippen LogP contribution < -0.4 is 0 Å². The second kappa shape index (κ2) is 5.03. The number of imidazole rings is 1. The third kappa shape index (κ3) is 2.20. The van der Waals surface area contributed by atoms with Gasteiger partial charge in [-0.05, 0) is 12.5 Å². The first-order valence-corrected chi connectivity index (χ1v) is 6.83. The number of hydrogen-bond acceptors (Lipinski definition) is 3. The lowest BCUT2D eigenvalue weighted by Gasteiger charge is -2.11. The summed E-state index contributed by atoms with van der Waals surface area (Å²) in [5.41, 5.74) is 1.65. The molecule has 4 nitrogen and oxygen atoms in total. The van der Waals surface area contributed by atoms with Crippen LogP contribution >= 0.6 is 23.2 Å². The van der Waals surface area contributed by atoms with Crippen LogP contribution in [0.2, 0.25) is 5.02 Å². The normalized spacial score (nSPS) is 19.8. The van der Waals surface area contributed by atoms with Crippen molar-refractivity contribution in [2.75, 3.05) is 13.2 Å². The molecule has 1 fully saturated rings. The Kier molecular flexibility index (Phi) is 3.41. The van der Waals surface area contributed by atoms with Crippen LogP contribution in [0.3, 0.4) is 0 Å². The van der Waals surface area contributed by atoms with Gasteiger partial charge in [-0.1, -0.05) is 11.6 Å². The van der Waals surface area contributed by atoms with Crippen molar-refractivity contribution in [3.8, 4) is 0 Å². The number of fused-ring (bicyclic) bond motifs is 1. The maximum absolute atomic E-state index is 5.95. The molecule has 1 unspecified atom stereocenters. The van der Waals surface area contributed by atoms with Crippen LogP contribution in [-0.2, 0) is 17.2 Å². The Morgan fingerprint density at radius 3 is 3.11 bits per heavy atom. The van der Waals surface area contributed by atoms with Gasteiger partial charge in [-0.15, -0.1) is 11.6 Å². The summed E-state index contributed by atoms with van der Waals surface area (Å²) in [4.78, 5) is 8.84. The first-order valence-electron chi connectivity index (χ1n) is 5.92. The van der Waals surface area contributed by atoms with E-state index in [1.165, 1.54) is 0 Å². The summed E-state index contributed by atoms with van der Waals surface area (Å²) in [5.74, 6) is 1.73. The van der Waals surface area contributed by atoms with E-state index >= 15 is 0 Å². The topological polar surface area (TPSA) is 39.9 Å². The van der Waals surface area contributed by atoms with Crippen molar-refractivity contribution in [2.45, 2.75) is 18.8 Å². The largest absolute Gasteiger partial charge is 0.381 e. The van der Waals surface area contributed by atoms with Crippen molar-refractivity contribution in [2.24, 2.45) is 5.92 Å². The summed E-state index contributed by atoms with van der Waals surface area (Å²) >= 11 is 11.9. The third-order valence-corrected chi connectivity index (χ3v) is 3.66. The quantitative estimate of drug-likeness (QED) is 0.814. The average Bonchev–Trinajstić information content (AvgIpc) is 2.97. The lowest BCUT2D eigenvalue weighted by atomic mass is 10.1. The fraction of sp³-hybridized carbons (Fsp3) is 0.500. The SMILES string of the molecule is ClCc1nc2cc(Cl)cnc2n1CC1CCOC1. The number of nitrogens with zero attached hydrogens (tertiary/aromatic N) is 3. The maximum Gasteiger partial charge on any atom is 0.160 e. The summed E-state index contributed by atoms with van der Waals surface area (Å²) in [6, 6.07) is 1.82. The van der Waals surface area contributed by atoms with Gasteiger partial charge in [0.05, 0.1) is 17.5 Å². The van der Waals surface area contributed by atoms with E-state index in [1.807, 2.05) is 6.07 Å². The molecule has 2 aromatic heterocycles. The van der Waals surface area contributed by atoms with Gasteiger partial charge in [0.25, 0.3) is 0 Å².